The lowest BCUT2D eigenvalue weighted by atomic mass is 9.81. The average Bonchev–Trinajstić information content (AvgIpc) is 2.03. The summed E-state index contributed by atoms with van der Waals surface area (Å²) in [5, 5.41) is 0. The largest absolute Gasteiger partial charge is 0.343 e. The fourth-order valence-electron chi connectivity index (χ4n) is 1.18. The van der Waals surface area contributed by atoms with Crippen molar-refractivity contribution in [3.05, 3.63) is 0 Å². The minimum Gasteiger partial charge on any atom is -0.343 e. The van der Waals surface area contributed by atoms with E-state index < -0.39 is 0 Å². The van der Waals surface area contributed by atoms with Crippen LogP contribution in [-0.4, -0.2) is 23.9 Å². The van der Waals surface area contributed by atoms with Gasteiger partial charge in [-0.05, 0) is 19.3 Å². The Morgan fingerprint density at radius 1 is 1.23 bits per heavy atom. The molecule has 1 amide bonds. The topological polar surface area (TPSA) is 20.3 Å². The second-order valence-corrected chi connectivity index (χ2v) is 4.60. The van der Waals surface area contributed by atoms with Gasteiger partial charge in [0.2, 0.25) is 5.91 Å². The third kappa shape index (κ3) is 3.37. The first-order valence-electron chi connectivity index (χ1n) is 5.13. The first-order valence-corrected chi connectivity index (χ1v) is 5.13. The molecule has 0 aromatic carbocycles. The lowest BCUT2D eigenvalue weighted by molar-refractivity contribution is -0.137. The van der Waals surface area contributed by atoms with Crippen molar-refractivity contribution in [3.63, 3.8) is 0 Å². The van der Waals surface area contributed by atoms with E-state index in [0.717, 1.165) is 13.1 Å². The molecule has 0 spiro atoms. The van der Waals surface area contributed by atoms with Crippen molar-refractivity contribution < 1.29 is 4.79 Å². The number of hydrogen-bond donors (Lipinski definition) is 0. The second kappa shape index (κ2) is 4.64. The number of amides is 1. The van der Waals surface area contributed by atoms with Crippen LogP contribution in [0, 0.1) is 11.3 Å². The lowest BCUT2D eigenvalue weighted by Crippen LogP contribution is -2.39. The van der Waals surface area contributed by atoms with Crippen molar-refractivity contribution in [1.29, 1.82) is 0 Å². The molecule has 0 saturated heterocycles. The Bertz CT molecular complexity index is 165. The van der Waals surface area contributed by atoms with Gasteiger partial charge in [-0.1, -0.05) is 27.7 Å². The molecule has 1 atom stereocenters. The molecule has 1 unspecified atom stereocenters. The van der Waals surface area contributed by atoms with E-state index in [1.807, 2.05) is 25.7 Å². The van der Waals surface area contributed by atoms with Crippen LogP contribution in [0.4, 0.5) is 0 Å². The molecule has 0 aromatic rings. The molecule has 0 radical (unpaired) electrons. The Labute approximate surface area is 82.3 Å². The minimum atomic E-state index is 0.0691. The smallest absolute Gasteiger partial charge is 0.225 e. The molecular formula is C11H23NO. The average molecular weight is 185 g/mol. The van der Waals surface area contributed by atoms with Crippen LogP contribution >= 0.6 is 0 Å². The molecule has 0 aliphatic heterocycles. The predicted octanol–water partition coefficient (Wildman–Crippen LogP) is 2.54. The highest BCUT2D eigenvalue weighted by Gasteiger charge is 2.28. The van der Waals surface area contributed by atoms with E-state index >= 15 is 0 Å². The summed E-state index contributed by atoms with van der Waals surface area (Å²) >= 11 is 0. The highest BCUT2D eigenvalue weighted by atomic mass is 16.2. The Morgan fingerprint density at radius 3 is 1.85 bits per heavy atom. The van der Waals surface area contributed by atoms with Crippen LogP contribution in [0.15, 0.2) is 0 Å². The minimum absolute atomic E-state index is 0.0691. The molecule has 0 bridgehead atoms. The van der Waals surface area contributed by atoms with E-state index in [1.54, 1.807) is 0 Å². The fraction of sp³-hybridized carbons (Fsp3) is 0.909. The molecule has 0 rings (SSSR count). The van der Waals surface area contributed by atoms with Crippen LogP contribution < -0.4 is 0 Å². The van der Waals surface area contributed by atoms with Gasteiger partial charge in [0.1, 0.15) is 0 Å². The summed E-state index contributed by atoms with van der Waals surface area (Å²) in [5.74, 6) is 0.380. The van der Waals surface area contributed by atoms with Crippen molar-refractivity contribution >= 4 is 5.91 Å². The van der Waals surface area contributed by atoms with Crippen molar-refractivity contribution in [2.75, 3.05) is 13.1 Å². The molecule has 13 heavy (non-hydrogen) atoms. The maximum absolute atomic E-state index is 11.9. The van der Waals surface area contributed by atoms with Crippen LogP contribution in [0.3, 0.4) is 0 Å². The number of nitrogens with zero attached hydrogens (tertiary/aromatic N) is 1. The van der Waals surface area contributed by atoms with Gasteiger partial charge in [0, 0.05) is 19.0 Å². The summed E-state index contributed by atoms with van der Waals surface area (Å²) in [4.78, 5) is 13.8. The molecule has 2 heteroatoms. The quantitative estimate of drug-likeness (QED) is 0.661. The Kier molecular flexibility index (Phi) is 4.45. The Balaban J connectivity index is 4.41. The van der Waals surface area contributed by atoms with E-state index in [2.05, 4.69) is 20.8 Å². The summed E-state index contributed by atoms with van der Waals surface area (Å²) in [6, 6.07) is 0. The monoisotopic (exact) mass is 185 g/mol. The molecular weight excluding hydrogens is 162 g/mol. The second-order valence-electron chi connectivity index (χ2n) is 4.60. The molecule has 0 fully saturated rings. The van der Waals surface area contributed by atoms with Gasteiger partial charge in [-0.15, -0.1) is 0 Å². The van der Waals surface area contributed by atoms with Crippen molar-refractivity contribution in [2.45, 2.75) is 41.5 Å². The molecule has 0 aliphatic carbocycles. The highest BCUT2D eigenvalue weighted by Crippen LogP contribution is 2.26. The normalized spacial score (nSPS) is 14.0. The van der Waals surface area contributed by atoms with Gasteiger partial charge < -0.3 is 4.90 Å². The van der Waals surface area contributed by atoms with Gasteiger partial charge in [0.25, 0.3) is 0 Å². The molecule has 0 aromatic heterocycles. The molecule has 0 N–H and O–H groups in total. The van der Waals surface area contributed by atoms with Crippen molar-refractivity contribution in [2.24, 2.45) is 11.3 Å². The van der Waals surface area contributed by atoms with Crippen molar-refractivity contribution in [1.82, 2.24) is 4.90 Å². The van der Waals surface area contributed by atoms with E-state index in [1.165, 1.54) is 0 Å². The van der Waals surface area contributed by atoms with Gasteiger partial charge in [0.05, 0.1) is 0 Å². The number of carbonyl (C=O) groups excluding carboxylic acids is 1. The van der Waals surface area contributed by atoms with Gasteiger partial charge >= 0.3 is 0 Å². The third-order valence-corrected chi connectivity index (χ3v) is 2.74. The third-order valence-electron chi connectivity index (χ3n) is 2.74. The predicted molar refractivity (Wildman–Crippen MR) is 56.5 cm³/mol. The Morgan fingerprint density at radius 2 is 1.62 bits per heavy atom. The van der Waals surface area contributed by atoms with E-state index in [0.29, 0.717) is 0 Å². The fourth-order valence-corrected chi connectivity index (χ4v) is 1.18. The molecule has 2 nitrogen and oxygen atoms in total. The van der Waals surface area contributed by atoms with E-state index in [-0.39, 0.29) is 17.2 Å². The Hall–Kier alpha value is -0.530. The van der Waals surface area contributed by atoms with Crippen molar-refractivity contribution in [3.8, 4) is 0 Å². The summed E-state index contributed by atoms with van der Waals surface area (Å²) in [6.45, 7) is 14.0. The summed E-state index contributed by atoms with van der Waals surface area (Å²) < 4.78 is 0. The maximum Gasteiger partial charge on any atom is 0.225 e. The zero-order chi connectivity index (χ0) is 10.6. The first kappa shape index (κ1) is 12.5. The molecule has 0 heterocycles. The maximum atomic E-state index is 11.9. The first-order chi connectivity index (χ1) is 5.84. The van der Waals surface area contributed by atoms with Crippen LogP contribution in [0.2, 0.25) is 0 Å². The molecule has 0 aliphatic rings. The van der Waals surface area contributed by atoms with Gasteiger partial charge in [-0.3, -0.25) is 4.79 Å². The summed E-state index contributed by atoms with van der Waals surface area (Å²) in [5.41, 5.74) is 0.0691. The standard InChI is InChI=1S/C11H23NO/c1-7-12(8-2)10(13)9(3)11(4,5)6/h9H,7-8H2,1-6H3. The molecule has 78 valence electrons. The van der Waals surface area contributed by atoms with Gasteiger partial charge in [-0.2, -0.15) is 0 Å². The van der Waals surface area contributed by atoms with Gasteiger partial charge in [0.15, 0.2) is 0 Å². The number of hydrogen-bond acceptors (Lipinski definition) is 1. The van der Waals surface area contributed by atoms with E-state index in [4.69, 9.17) is 0 Å². The van der Waals surface area contributed by atoms with Crippen LogP contribution in [0.1, 0.15) is 41.5 Å². The van der Waals surface area contributed by atoms with Crippen LogP contribution in [0.5, 0.6) is 0 Å². The zero-order valence-corrected chi connectivity index (χ0v) is 9.85. The van der Waals surface area contributed by atoms with Gasteiger partial charge in [-0.25, -0.2) is 0 Å². The zero-order valence-electron chi connectivity index (χ0n) is 9.85. The highest BCUT2D eigenvalue weighted by molar-refractivity contribution is 5.79. The molecule has 0 saturated carbocycles. The van der Waals surface area contributed by atoms with Crippen LogP contribution in [-0.2, 0) is 4.79 Å². The summed E-state index contributed by atoms with van der Waals surface area (Å²) in [6.07, 6.45) is 0. The number of carbonyl (C=O) groups is 1. The van der Waals surface area contributed by atoms with E-state index in [9.17, 15) is 4.79 Å². The number of rotatable bonds is 3. The lowest BCUT2D eigenvalue weighted by Gasteiger charge is -2.31. The van der Waals surface area contributed by atoms with Crippen LogP contribution in [0.25, 0.3) is 0 Å². The SMILES string of the molecule is CCN(CC)C(=O)C(C)C(C)(C)C. The summed E-state index contributed by atoms with van der Waals surface area (Å²) in [7, 11) is 0.